The summed E-state index contributed by atoms with van der Waals surface area (Å²) in [6, 6.07) is 28.1. The third-order valence-corrected chi connectivity index (χ3v) is 5.67. The van der Waals surface area contributed by atoms with Crippen molar-refractivity contribution in [1.29, 1.82) is 0 Å². The first-order valence-electron chi connectivity index (χ1n) is 10.5. The maximum Gasteiger partial charge on any atom is 0.258 e. The molecule has 2 heterocycles. The van der Waals surface area contributed by atoms with Crippen molar-refractivity contribution < 1.29 is 9.59 Å². The van der Waals surface area contributed by atoms with Gasteiger partial charge in [0.2, 0.25) is 0 Å². The van der Waals surface area contributed by atoms with Crippen LogP contribution in [0.25, 0.3) is 16.9 Å². The SMILES string of the molecule is CN1C(=O)C(Cc2ccccc2)NC(=O)c2c(-c3ccccc3)nn(-c3ccccc3)c21. The first-order chi connectivity index (χ1) is 15.6. The van der Waals surface area contributed by atoms with Crippen molar-refractivity contribution in [3.8, 4) is 16.9 Å². The highest BCUT2D eigenvalue weighted by atomic mass is 16.2. The minimum Gasteiger partial charge on any atom is -0.340 e. The number of hydrogen-bond acceptors (Lipinski definition) is 3. The Morgan fingerprint density at radius 1 is 0.844 bits per heavy atom. The van der Waals surface area contributed by atoms with Crippen LogP contribution in [0, 0.1) is 0 Å². The number of benzene rings is 3. The summed E-state index contributed by atoms with van der Waals surface area (Å²) in [6.45, 7) is 0. The molecule has 0 aliphatic carbocycles. The summed E-state index contributed by atoms with van der Waals surface area (Å²) in [6.07, 6.45) is 0.416. The van der Waals surface area contributed by atoms with Crippen LogP contribution in [-0.2, 0) is 11.2 Å². The van der Waals surface area contributed by atoms with Gasteiger partial charge in [-0.05, 0) is 17.7 Å². The van der Waals surface area contributed by atoms with Crippen LogP contribution >= 0.6 is 0 Å². The Balaban J connectivity index is 1.66. The van der Waals surface area contributed by atoms with Gasteiger partial charge in [-0.1, -0.05) is 78.9 Å². The van der Waals surface area contributed by atoms with Gasteiger partial charge in [-0.25, -0.2) is 4.68 Å². The number of aromatic nitrogens is 2. The summed E-state index contributed by atoms with van der Waals surface area (Å²) in [5, 5.41) is 7.74. The Morgan fingerprint density at radius 2 is 1.44 bits per heavy atom. The highest BCUT2D eigenvalue weighted by molar-refractivity contribution is 6.13. The number of nitrogens with one attached hydrogen (secondary N) is 1. The van der Waals surface area contributed by atoms with Crippen molar-refractivity contribution in [1.82, 2.24) is 15.1 Å². The molecule has 1 aliphatic rings. The number of carbonyl (C=O) groups excluding carboxylic acids is 2. The van der Waals surface area contributed by atoms with Crippen molar-refractivity contribution in [2.75, 3.05) is 11.9 Å². The van der Waals surface area contributed by atoms with E-state index in [4.69, 9.17) is 5.10 Å². The van der Waals surface area contributed by atoms with Gasteiger partial charge < -0.3 is 5.32 Å². The second-order valence-electron chi connectivity index (χ2n) is 7.77. The fraction of sp³-hybridized carbons (Fsp3) is 0.115. The van der Waals surface area contributed by atoms with Crippen LogP contribution in [0.15, 0.2) is 91.0 Å². The van der Waals surface area contributed by atoms with Gasteiger partial charge in [0.1, 0.15) is 17.3 Å². The molecule has 1 aliphatic heterocycles. The molecule has 0 fully saturated rings. The van der Waals surface area contributed by atoms with Crippen molar-refractivity contribution in [3.05, 3.63) is 102 Å². The molecule has 0 spiro atoms. The molecule has 6 heteroatoms. The Hall–Kier alpha value is -4.19. The molecule has 158 valence electrons. The van der Waals surface area contributed by atoms with Gasteiger partial charge in [0.05, 0.1) is 5.69 Å². The largest absolute Gasteiger partial charge is 0.340 e. The van der Waals surface area contributed by atoms with Gasteiger partial charge in [-0.2, -0.15) is 5.10 Å². The van der Waals surface area contributed by atoms with Crippen molar-refractivity contribution >= 4 is 17.6 Å². The van der Waals surface area contributed by atoms with Gasteiger partial charge in [-0.3, -0.25) is 14.5 Å². The fourth-order valence-corrected chi connectivity index (χ4v) is 4.09. The molecule has 0 saturated heterocycles. The number of amides is 2. The summed E-state index contributed by atoms with van der Waals surface area (Å²) in [4.78, 5) is 28.5. The van der Waals surface area contributed by atoms with Gasteiger partial charge in [0, 0.05) is 19.0 Å². The van der Waals surface area contributed by atoms with Crippen LogP contribution in [0.4, 0.5) is 5.82 Å². The van der Waals surface area contributed by atoms with Gasteiger partial charge in [0.25, 0.3) is 11.8 Å². The third-order valence-electron chi connectivity index (χ3n) is 5.67. The van der Waals surface area contributed by atoms with E-state index < -0.39 is 6.04 Å². The smallest absolute Gasteiger partial charge is 0.258 e. The Labute approximate surface area is 186 Å². The Kier molecular flexibility index (Phi) is 5.03. The summed E-state index contributed by atoms with van der Waals surface area (Å²) in [7, 11) is 1.70. The lowest BCUT2D eigenvalue weighted by Gasteiger charge is -2.22. The summed E-state index contributed by atoms with van der Waals surface area (Å²) < 4.78 is 1.68. The van der Waals surface area contributed by atoms with Crippen molar-refractivity contribution in [2.24, 2.45) is 0 Å². The average Bonchev–Trinajstić information content (AvgIpc) is 3.22. The van der Waals surface area contributed by atoms with Crippen LogP contribution in [0.5, 0.6) is 0 Å². The second-order valence-corrected chi connectivity index (χ2v) is 7.77. The molecule has 6 nitrogen and oxygen atoms in total. The van der Waals surface area contributed by atoms with E-state index in [1.54, 1.807) is 16.6 Å². The molecule has 3 aromatic carbocycles. The van der Waals surface area contributed by atoms with E-state index in [1.165, 1.54) is 0 Å². The number of hydrogen-bond donors (Lipinski definition) is 1. The minimum atomic E-state index is -0.671. The van der Waals surface area contributed by atoms with Gasteiger partial charge >= 0.3 is 0 Å². The standard InChI is InChI=1S/C26H22N4O2/c1-29-25-22(24(31)27-21(26(29)32)17-18-11-5-2-6-12-18)23(19-13-7-3-8-14-19)28-30(25)20-15-9-4-10-16-20/h2-16,21H,17H2,1H3,(H,27,31). The maximum absolute atomic E-state index is 13.5. The quantitative estimate of drug-likeness (QED) is 0.543. The predicted molar refractivity (Wildman–Crippen MR) is 124 cm³/mol. The van der Waals surface area contributed by atoms with E-state index in [0.717, 1.165) is 16.8 Å². The predicted octanol–water partition coefficient (Wildman–Crippen LogP) is 3.86. The molecule has 1 atom stereocenters. The topological polar surface area (TPSA) is 67.2 Å². The number of nitrogens with zero attached hydrogens (tertiary/aromatic N) is 3. The highest BCUT2D eigenvalue weighted by Crippen LogP contribution is 2.35. The zero-order valence-corrected chi connectivity index (χ0v) is 17.6. The number of carbonyl (C=O) groups is 2. The zero-order valence-electron chi connectivity index (χ0n) is 17.6. The molecule has 32 heavy (non-hydrogen) atoms. The van der Waals surface area contributed by atoms with Gasteiger partial charge in [-0.15, -0.1) is 0 Å². The average molecular weight is 422 g/mol. The zero-order chi connectivity index (χ0) is 22.1. The monoisotopic (exact) mass is 422 g/mol. The number of fused-ring (bicyclic) bond motifs is 1. The molecular formula is C26H22N4O2. The van der Waals surface area contributed by atoms with Gasteiger partial charge in [0.15, 0.2) is 5.82 Å². The van der Waals surface area contributed by atoms with Crippen LogP contribution in [0.1, 0.15) is 15.9 Å². The minimum absolute atomic E-state index is 0.183. The molecule has 5 rings (SSSR count). The van der Waals surface area contributed by atoms with Crippen molar-refractivity contribution in [3.63, 3.8) is 0 Å². The molecule has 0 bridgehead atoms. The fourth-order valence-electron chi connectivity index (χ4n) is 4.09. The molecule has 1 aromatic heterocycles. The Bertz CT molecular complexity index is 1270. The first-order valence-corrected chi connectivity index (χ1v) is 10.5. The lowest BCUT2D eigenvalue weighted by atomic mass is 10.0. The van der Waals surface area contributed by atoms with Crippen LogP contribution in [0.3, 0.4) is 0 Å². The highest BCUT2D eigenvalue weighted by Gasteiger charge is 2.37. The first kappa shape index (κ1) is 19.8. The van der Waals surface area contributed by atoms with E-state index in [1.807, 2.05) is 91.0 Å². The molecule has 0 saturated carbocycles. The van der Waals surface area contributed by atoms with Crippen molar-refractivity contribution in [2.45, 2.75) is 12.5 Å². The second kappa shape index (κ2) is 8.15. The van der Waals surface area contributed by atoms with E-state index >= 15 is 0 Å². The maximum atomic E-state index is 13.5. The van der Waals surface area contributed by atoms with Crippen LogP contribution in [-0.4, -0.2) is 34.7 Å². The molecular weight excluding hydrogens is 400 g/mol. The summed E-state index contributed by atoms with van der Waals surface area (Å²) in [5.41, 5.74) is 3.52. The normalized spacial score (nSPS) is 15.8. The molecule has 1 unspecified atom stereocenters. The van der Waals surface area contributed by atoms with Crippen LogP contribution in [0.2, 0.25) is 0 Å². The van der Waals surface area contributed by atoms with E-state index in [9.17, 15) is 9.59 Å². The molecule has 1 N–H and O–H groups in total. The number of para-hydroxylation sites is 1. The molecule has 4 aromatic rings. The number of rotatable bonds is 4. The summed E-state index contributed by atoms with van der Waals surface area (Å²) >= 11 is 0. The lowest BCUT2D eigenvalue weighted by Crippen LogP contribution is -2.46. The van der Waals surface area contributed by atoms with Crippen LogP contribution < -0.4 is 10.2 Å². The van der Waals surface area contributed by atoms with E-state index in [0.29, 0.717) is 23.5 Å². The third kappa shape index (κ3) is 3.46. The van der Waals surface area contributed by atoms with E-state index in [-0.39, 0.29) is 11.8 Å². The number of likely N-dealkylation sites (N-methyl/N-ethyl adjacent to an activating group) is 1. The van der Waals surface area contributed by atoms with E-state index in [2.05, 4.69) is 5.32 Å². The summed E-state index contributed by atoms with van der Waals surface area (Å²) in [5.74, 6) is -0.0228. The molecule has 2 amide bonds. The lowest BCUT2D eigenvalue weighted by molar-refractivity contribution is -0.120. The Morgan fingerprint density at radius 3 is 2.09 bits per heavy atom. The molecule has 0 radical (unpaired) electrons. The number of anilines is 1.